The fourth-order valence-electron chi connectivity index (χ4n) is 3.18. The Morgan fingerprint density at radius 3 is 2.26 bits per heavy atom. The van der Waals surface area contributed by atoms with Gasteiger partial charge in [0.15, 0.2) is 0 Å². The lowest BCUT2D eigenvalue weighted by Gasteiger charge is -2.22. The maximum atomic E-state index is 12.3. The second kappa shape index (κ2) is 12.4. The van der Waals surface area contributed by atoms with Crippen molar-refractivity contribution >= 4 is 27.8 Å². The lowest BCUT2D eigenvalue weighted by Crippen LogP contribution is -2.48. The molecule has 1 aliphatic heterocycles. The fourth-order valence-corrected chi connectivity index (χ4v) is 4.39. The number of sulfonamides is 1. The first kappa shape index (κ1) is 24.8. The molecule has 1 unspecified atom stereocenters. The van der Waals surface area contributed by atoms with Crippen LogP contribution in [-0.2, 0) is 24.4 Å². The van der Waals surface area contributed by atoms with Crippen molar-refractivity contribution in [2.24, 2.45) is 5.92 Å². The van der Waals surface area contributed by atoms with Gasteiger partial charge >= 0.3 is 5.97 Å². The molecular formula is C20H30N4O6S. The van der Waals surface area contributed by atoms with E-state index in [1.54, 1.807) is 6.07 Å². The zero-order valence-corrected chi connectivity index (χ0v) is 18.1. The summed E-state index contributed by atoms with van der Waals surface area (Å²) in [7, 11) is -4.04. The second-order valence-electron chi connectivity index (χ2n) is 7.48. The van der Waals surface area contributed by atoms with Crippen molar-refractivity contribution in [3.05, 3.63) is 30.3 Å². The molecule has 0 aromatic heterocycles. The third-order valence-corrected chi connectivity index (χ3v) is 6.49. The molecule has 1 saturated heterocycles. The average Bonchev–Trinajstić information content (AvgIpc) is 2.76. The van der Waals surface area contributed by atoms with Gasteiger partial charge in [-0.3, -0.25) is 14.4 Å². The van der Waals surface area contributed by atoms with Crippen LogP contribution in [0.25, 0.3) is 0 Å². The van der Waals surface area contributed by atoms with Gasteiger partial charge in [-0.05, 0) is 50.4 Å². The molecule has 11 heteroatoms. The zero-order valence-electron chi connectivity index (χ0n) is 17.3. The molecule has 5 N–H and O–H groups in total. The van der Waals surface area contributed by atoms with E-state index in [0.29, 0.717) is 18.9 Å². The van der Waals surface area contributed by atoms with Gasteiger partial charge in [0.2, 0.25) is 21.8 Å². The highest BCUT2D eigenvalue weighted by atomic mass is 32.2. The lowest BCUT2D eigenvalue weighted by atomic mass is 9.98. The molecule has 10 nitrogen and oxygen atoms in total. The van der Waals surface area contributed by atoms with Crippen LogP contribution >= 0.6 is 0 Å². The number of carboxylic acid groups (broad SMARTS) is 1. The Labute approximate surface area is 182 Å². The predicted molar refractivity (Wildman–Crippen MR) is 114 cm³/mol. The highest BCUT2D eigenvalue weighted by Crippen LogP contribution is 2.10. The van der Waals surface area contributed by atoms with Gasteiger partial charge in [0, 0.05) is 25.9 Å². The predicted octanol–water partition coefficient (Wildman–Crippen LogP) is -0.180. The minimum Gasteiger partial charge on any atom is -0.480 e. The summed E-state index contributed by atoms with van der Waals surface area (Å²) in [6.07, 6.45) is 2.61. The Morgan fingerprint density at radius 2 is 1.65 bits per heavy atom. The number of carbonyl (C=O) groups is 3. The number of aliphatic carboxylic acids is 1. The molecular weight excluding hydrogens is 424 g/mol. The standard InChI is InChI=1S/C20H30N4O6S/c25-18(22-13-15-9-11-21-12-10-15)7-4-8-19(26)23-14-17(20(27)28)24-31(29,30)16-5-2-1-3-6-16/h1-3,5-6,15,17,21,24H,4,7-14H2,(H,22,25)(H,23,26)(H,27,28). The Balaban J connectivity index is 1.69. The zero-order chi connectivity index (χ0) is 22.7. The minimum atomic E-state index is -4.04. The summed E-state index contributed by atoms with van der Waals surface area (Å²) in [5.74, 6) is -1.50. The van der Waals surface area contributed by atoms with E-state index in [1.807, 2.05) is 0 Å². The minimum absolute atomic E-state index is 0.0402. The van der Waals surface area contributed by atoms with Crippen LogP contribution in [0.3, 0.4) is 0 Å². The van der Waals surface area contributed by atoms with Gasteiger partial charge < -0.3 is 21.1 Å². The van der Waals surface area contributed by atoms with E-state index in [9.17, 15) is 27.9 Å². The number of rotatable bonds is 12. The van der Waals surface area contributed by atoms with Crippen LogP contribution in [0.4, 0.5) is 0 Å². The van der Waals surface area contributed by atoms with Gasteiger partial charge in [-0.1, -0.05) is 18.2 Å². The Hall–Kier alpha value is -2.50. The maximum Gasteiger partial charge on any atom is 0.323 e. The molecule has 0 spiro atoms. The SMILES string of the molecule is O=C(CCCC(=O)NCC(NS(=O)(=O)c1ccccc1)C(=O)O)NCC1CCNCC1. The quantitative estimate of drug-likeness (QED) is 0.294. The van der Waals surface area contributed by atoms with Crippen LogP contribution in [0.5, 0.6) is 0 Å². The van der Waals surface area contributed by atoms with Gasteiger partial charge in [0.25, 0.3) is 0 Å². The number of carbonyl (C=O) groups excluding carboxylic acids is 2. The number of nitrogens with one attached hydrogen (secondary N) is 4. The van der Waals surface area contributed by atoms with Crippen molar-refractivity contribution in [1.82, 2.24) is 20.7 Å². The third-order valence-electron chi connectivity index (χ3n) is 5.01. The molecule has 0 aliphatic carbocycles. The maximum absolute atomic E-state index is 12.3. The molecule has 2 rings (SSSR count). The highest BCUT2D eigenvalue weighted by Gasteiger charge is 2.25. The lowest BCUT2D eigenvalue weighted by molar-refractivity contribution is -0.138. The normalized spacial score (nSPS) is 15.7. The van der Waals surface area contributed by atoms with Gasteiger partial charge in [-0.15, -0.1) is 0 Å². The average molecular weight is 455 g/mol. The van der Waals surface area contributed by atoms with Crippen LogP contribution in [0.1, 0.15) is 32.1 Å². The molecule has 0 saturated carbocycles. The number of hydrogen-bond donors (Lipinski definition) is 5. The van der Waals surface area contributed by atoms with Gasteiger partial charge in [0.1, 0.15) is 6.04 Å². The molecule has 1 aromatic rings. The molecule has 1 fully saturated rings. The summed E-state index contributed by atoms with van der Waals surface area (Å²) in [6.45, 7) is 2.15. The first-order chi connectivity index (χ1) is 14.8. The summed E-state index contributed by atoms with van der Waals surface area (Å²) >= 11 is 0. The number of amides is 2. The number of hydrogen-bond acceptors (Lipinski definition) is 6. The fraction of sp³-hybridized carbons (Fsp3) is 0.550. The van der Waals surface area contributed by atoms with E-state index >= 15 is 0 Å². The largest absolute Gasteiger partial charge is 0.480 e. The molecule has 0 bridgehead atoms. The summed E-state index contributed by atoms with van der Waals surface area (Å²) < 4.78 is 26.6. The molecule has 1 aliphatic rings. The van der Waals surface area contributed by atoms with Crippen molar-refractivity contribution in [2.75, 3.05) is 26.2 Å². The molecule has 1 atom stereocenters. The summed E-state index contributed by atoms with van der Waals surface area (Å²) in [6, 6.07) is 5.86. The summed E-state index contributed by atoms with van der Waals surface area (Å²) in [5.41, 5.74) is 0. The summed E-state index contributed by atoms with van der Waals surface area (Å²) in [5, 5.41) is 17.8. The number of benzene rings is 1. The Bertz CT molecular complexity index is 840. The molecule has 1 aromatic carbocycles. The molecule has 0 radical (unpaired) electrons. The van der Waals surface area contributed by atoms with Crippen molar-refractivity contribution in [3.63, 3.8) is 0 Å². The van der Waals surface area contributed by atoms with E-state index in [1.165, 1.54) is 24.3 Å². The van der Waals surface area contributed by atoms with Crippen molar-refractivity contribution in [3.8, 4) is 0 Å². The van der Waals surface area contributed by atoms with Gasteiger partial charge in [-0.25, -0.2) is 8.42 Å². The van der Waals surface area contributed by atoms with Crippen molar-refractivity contribution in [1.29, 1.82) is 0 Å². The van der Waals surface area contributed by atoms with Crippen LogP contribution in [0.2, 0.25) is 0 Å². The van der Waals surface area contributed by atoms with Crippen molar-refractivity contribution in [2.45, 2.75) is 43.0 Å². The van der Waals surface area contributed by atoms with E-state index in [4.69, 9.17) is 0 Å². The number of piperidine rings is 1. The molecule has 2 amide bonds. The van der Waals surface area contributed by atoms with Crippen LogP contribution in [0, 0.1) is 5.92 Å². The molecule has 172 valence electrons. The van der Waals surface area contributed by atoms with E-state index in [0.717, 1.165) is 25.9 Å². The van der Waals surface area contributed by atoms with Crippen LogP contribution < -0.4 is 20.7 Å². The smallest absolute Gasteiger partial charge is 0.323 e. The second-order valence-corrected chi connectivity index (χ2v) is 9.19. The van der Waals surface area contributed by atoms with E-state index in [2.05, 4.69) is 20.7 Å². The van der Waals surface area contributed by atoms with Gasteiger partial charge in [0.05, 0.1) is 4.90 Å². The summed E-state index contributed by atoms with van der Waals surface area (Å²) in [4.78, 5) is 35.2. The molecule has 31 heavy (non-hydrogen) atoms. The van der Waals surface area contributed by atoms with Crippen molar-refractivity contribution < 1.29 is 27.9 Å². The first-order valence-electron chi connectivity index (χ1n) is 10.3. The van der Waals surface area contributed by atoms with E-state index < -0.39 is 34.5 Å². The topological polar surface area (TPSA) is 154 Å². The van der Waals surface area contributed by atoms with Crippen LogP contribution in [-0.4, -0.2) is 63.5 Å². The highest BCUT2D eigenvalue weighted by molar-refractivity contribution is 7.89. The number of carboxylic acids is 1. The monoisotopic (exact) mass is 454 g/mol. The first-order valence-corrected chi connectivity index (χ1v) is 11.8. The van der Waals surface area contributed by atoms with E-state index in [-0.39, 0.29) is 23.6 Å². The van der Waals surface area contributed by atoms with Gasteiger partial charge in [-0.2, -0.15) is 4.72 Å². The van der Waals surface area contributed by atoms with Crippen LogP contribution in [0.15, 0.2) is 35.2 Å². The third kappa shape index (κ3) is 9.03. The Kier molecular flexibility index (Phi) is 9.89. The molecule has 1 heterocycles. The Morgan fingerprint density at radius 1 is 1.03 bits per heavy atom.